The van der Waals surface area contributed by atoms with Gasteiger partial charge in [0.05, 0.1) is 0 Å². The van der Waals surface area contributed by atoms with Crippen molar-refractivity contribution in [1.82, 2.24) is 0 Å². The third-order valence-electron chi connectivity index (χ3n) is 3.15. The molecule has 0 saturated carbocycles. The second-order valence-corrected chi connectivity index (χ2v) is 5.51. The van der Waals surface area contributed by atoms with E-state index in [0.29, 0.717) is 11.5 Å². The molecule has 0 aliphatic heterocycles. The number of thiophene rings is 1. The van der Waals surface area contributed by atoms with Crippen LogP contribution in [0.4, 0.5) is 0 Å². The van der Waals surface area contributed by atoms with Gasteiger partial charge in [0.1, 0.15) is 11.5 Å². The van der Waals surface area contributed by atoms with E-state index in [1.165, 1.54) is 11.3 Å². The lowest BCUT2D eigenvalue weighted by molar-refractivity contribution is 0.0479. The maximum absolute atomic E-state index is 12.3. The number of ether oxygens (including phenoxy) is 1. The van der Waals surface area contributed by atoms with Crippen LogP contribution in [0.1, 0.15) is 15.2 Å². The Morgan fingerprint density at radius 2 is 1.57 bits per heavy atom. The minimum Gasteiger partial charge on any atom is -0.457 e. The highest BCUT2D eigenvalue weighted by atomic mass is 32.1. The van der Waals surface area contributed by atoms with Gasteiger partial charge in [-0.3, -0.25) is 0 Å². The SMILES string of the molecule is O=C(OCc1ccccc1)c1sccc1-c1ccccc1. The van der Waals surface area contributed by atoms with Gasteiger partial charge in [-0.05, 0) is 22.6 Å². The first-order chi connectivity index (χ1) is 10.3. The van der Waals surface area contributed by atoms with Crippen LogP contribution in [0.25, 0.3) is 11.1 Å². The predicted molar refractivity (Wildman–Crippen MR) is 85.3 cm³/mol. The molecule has 0 aliphatic carbocycles. The monoisotopic (exact) mass is 294 g/mol. The lowest BCUT2D eigenvalue weighted by atomic mass is 10.1. The molecule has 3 heteroatoms. The van der Waals surface area contributed by atoms with Crippen molar-refractivity contribution in [3.8, 4) is 11.1 Å². The Balaban J connectivity index is 1.76. The van der Waals surface area contributed by atoms with Crippen molar-refractivity contribution in [3.63, 3.8) is 0 Å². The van der Waals surface area contributed by atoms with Gasteiger partial charge in [-0.15, -0.1) is 11.3 Å². The van der Waals surface area contributed by atoms with E-state index in [-0.39, 0.29) is 5.97 Å². The molecule has 0 N–H and O–H groups in total. The number of esters is 1. The molecule has 0 atom stereocenters. The van der Waals surface area contributed by atoms with Crippen LogP contribution in [-0.4, -0.2) is 5.97 Å². The van der Waals surface area contributed by atoms with Gasteiger partial charge in [0.25, 0.3) is 0 Å². The summed E-state index contributed by atoms with van der Waals surface area (Å²) in [6.45, 7) is 0.297. The second kappa shape index (κ2) is 6.37. The smallest absolute Gasteiger partial charge is 0.349 e. The summed E-state index contributed by atoms with van der Waals surface area (Å²) in [4.78, 5) is 12.9. The zero-order chi connectivity index (χ0) is 14.5. The van der Waals surface area contributed by atoms with E-state index in [0.717, 1.165) is 16.7 Å². The van der Waals surface area contributed by atoms with Crippen molar-refractivity contribution in [1.29, 1.82) is 0 Å². The Hall–Kier alpha value is -2.39. The minimum absolute atomic E-state index is 0.271. The summed E-state index contributed by atoms with van der Waals surface area (Å²) >= 11 is 1.41. The molecule has 0 amide bonds. The normalized spacial score (nSPS) is 10.3. The molecule has 0 saturated heterocycles. The fourth-order valence-electron chi connectivity index (χ4n) is 2.10. The van der Waals surface area contributed by atoms with Gasteiger partial charge in [-0.1, -0.05) is 60.7 Å². The van der Waals surface area contributed by atoms with Crippen molar-refractivity contribution < 1.29 is 9.53 Å². The summed E-state index contributed by atoms with van der Waals surface area (Å²) in [6.07, 6.45) is 0. The van der Waals surface area contributed by atoms with E-state index >= 15 is 0 Å². The van der Waals surface area contributed by atoms with Crippen molar-refractivity contribution in [2.75, 3.05) is 0 Å². The minimum atomic E-state index is -0.271. The molecule has 0 spiro atoms. The summed E-state index contributed by atoms with van der Waals surface area (Å²) in [6, 6.07) is 21.5. The molecule has 3 rings (SSSR count). The topological polar surface area (TPSA) is 26.3 Å². The number of hydrogen-bond acceptors (Lipinski definition) is 3. The Morgan fingerprint density at radius 1 is 0.905 bits per heavy atom. The maximum Gasteiger partial charge on any atom is 0.349 e. The molecule has 0 bridgehead atoms. The van der Waals surface area contributed by atoms with E-state index in [9.17, 15) is 4.79 Å². The molecule has 0 radical (unpaired) electrons. The fourth-order valence-corrected chi connectivity index (χ4v) is 2.91. The Bertz CT molecular complexity index is 717. The fraction of sp³-hybridized carbons (Fsp3) is 0.0556. The number of carbonyl (C=O) groups excluding carboxylic acids is 1. The summed E-state index contributed by atoms with van der Waals surface area (Å²) < 4.78 is 5.41. The quantitative estimate of drug-likeness (QED) is 0.648. The highest BCUT2D eigenvalue weighted by Crippen LogP contribution is 2.28. The first kappa shape index (κ1) is 13.6. The molecular formula is C18H14O2S. The summed E-state index contributed by atoms with van der Waals surface area (Å²) in [7, 11) is 0. The highest BCUT2D eigenvalue weighted by molar-refractivity contribution is 7.12. The van der Waals surface area contributed by atoms with E-state index in [1.807, 2.05) is 72.1 Å². The van der Waals surface area contributed by atoms with Gasteiger partial charge in [-0.25, -0.2) is 4.79 Å². The van der Waals surface area contributed by atoms with Crippen LogP contribution in [0.5, 0.6) is 0 Å². The van der Waals surface area contributed by atoms with Crippen LogP contribution in [0, 0.1) is 0 Å². The second-order valence-electron chi connectivity index (χ2n) is 4.59. The molecule has 2 aromatic carbocycles. The van der Waals surface area contributed by atoms with Gasteiger partial charge in [0.2, 0.25) is 0 Å². The van der Waals surface area contributed by atoms with Gasteiger partial charge < -0.3 is 4.74 Å². The summed E-state index contributed by atoms with van der Waals surface area (Å²) in [5.41, 5.74) is 2.95. The van der Waals surface area contributed by atoms with E-state index in [2.05, 4.69) is 0 Å². The molecule has 0 unspecified atom stereocenters. The zero-order valence-electron chi connectivity index (χ0n) is 11.4. The molecule has 1 aromatic heterocycles. The van der Waals surface area contributed by atoms with E-state index in [4.69, 9.17) is 4.74 Å². The number of benzene rings is 2. The molecule has 3 aromatic rings. The molecule has 0 fully saturated rings. The standard InChI is InChI=1S/C18H14O2S/c19-18(20-13-14-7-3-1-4-8-14)17-16(11-12-21-17)15-9-5-2-6-10-15/h1-12H,13H2. The lowest BCUT2D eigenvalue weighted by Crippen LogP contribution is -2.04. The van der Waals surface area contributed by atoms with Gasteiger partial charge in [-0.2, -0.15) is 0 Å². The van der Waals surface area contributed by atoms with Crippen LogP contribution >= 0.6 is 11.3 Å². The Morgan fingerprint density at radius 3 is 2.29 bits per heavy atom. The molecule has 1 heterocycles. The van der Waals surface area contributed by atoms with Crippen molar-refractivity contribution in [2.45, 2.75) is 6.61 Å². The van der Waals surface area contributed by atoms with Crippen molar-refractivity contribution in [3.05, 3.63) is 82.6 Å². The van der Waals surface area contributed by atoms with Crippen LogP contribution < -0.4 is 0 Å². The average molecular weight is 294 g/mol. The molecule has 104 valence electrons. The van der Waals surface area contributed by atoms with E-state index in [1.54, 1.807) is 0 Å². The summed E-state index contributed by atoms with van der Waals surface area (Å²) in [5.74, 6) is -0.271. The number of hydrogen-bond donors (Lipinski definition) is 0. The maximum atomic E-state index is 12.3. The molecule has 21 heavy (non-hydrogen) atoms. The highest BCUT2D eigenvalue weighted by Gasteiger charge is 2.15. The number of carbonyl (C=O) groups is 1. The first-order valence-corrected chi connectivity index (χ1v) is 7.56. The Kier molecular flexibility index (Phi) is 4.12. The molecular weight excluding hydrogens is 280 g/mol. The zero-order valence-corrected chi connectivity index (χ0v) is 12.2. The Labute approximate surface area is 127 Å². The first-order valence-electron chi connectivity index (χ1n) is 6.68. The van der Waals surface area contributed by atoms with Gasteiger partial charge in [0, 0.05) is 5.56 Å². The third-order valence-corrected chi connectivity index (χ3v) is 4.04. The molecule has 0 aliphatic rings. The van der Waals surface area contributed by atoms with Gasteiger partial charge >= 0.3 is 5.97 Å². The number of rotatable bonds is 4. The summed E-state index contributed by atoms with van der Waals surface area (Å²) in [5, 5.41) is 1.92. The van der Waals surface area contributed by atoms with Crippen molar-refractivity contribution >= 4 is 17.3 Å². The largest absolute Gasteiger partial charge is 0.457 e. The average Bonchev–Trinajstić information content (AvgIpc) is 3.04. The van der Waals surface area contributed by atoms with Crippen LogP contribution in [0.15, 0.2) is 72.1 Å². The van der Waals surface area contributed by atoms with Gasteiger partial charge in [0.15, 0.2) is 0 Å². The lowest BCUT2D eigenvalue weighted by Gasteiger charge is -2.06. The molecule has 2 nitrogen and oxygen atoms in total. The van der Waals surface area contributed by atoms with Crippen LogP contribution in [-0.2, 0) is 11.3 Å². The third kappa shape index (κ3) is 3.20. The van der Waals surface area contributed by atoms with Crippen LogP contribution in [0.2, 0.25) is 0 Å². The predicted octanol–water partition coefficient (Wildman–Crippen LogP) is 4.77. The van der Waals surface area contributed by atoms with E-state index < -0.39 is 0 Å². The van der Waals surface area contributed by atoms with Crippen LogP contribution in [0.3, 0.4) is 0 Å². The van der Waals surface area contributed by atoms with Crippen molar-refractivity contribution in [2.24, 2.45) is 0 Å².